The average molecular weight is 320 g/mol. The van der Waals surface area contributed by atoms with Gasteiger partial charge in [-0.3, -0.25) is 4.79 Å². The van der Waals surface area contributed by atoms with Gasteiger partial charge in [0.2, 0.25) is 11.4 Å². The molecule has 0 amide bonds. The molecular weight excluding hydrogens is 308 g/mol. The van der Waals surface area contributed by atoms with E-state index in [1.54, 1.807) is 30.3 Å². The van der Waals surface area contributed by atoms with Crippen LogP contribution in [0.25, 0.3) is 22.0 Å². The van der Waals surface area contributed by atoms with Crippen molar-refractivity contribution < 1.29 is 13.9 Å². The zero-order valence-electron chi connectivity index (χ0n) is 12.5. The van der Waals surface area contributed by atoms with Crippen molar-refractivity contribution in [2.75, 3.05) is 0 Å². The van der Waals surface area contributed by atoms with Crippen LogP contribution in [0, 0.1) is 0 Å². The van der Waals surface area contributed by atoms with Crippen LogP contribution in [0.4, 0.5) is 0 Å². The number of oxazole rings is 1. The summed E-state index contributed by atoms with van der Waals surface area (Å²) in [7, 11) is 0. The second-order valence-electron chi connectivity index (χ2n) is 5.24. The molecule has 4 rings (SSSR count). The number of carbonyl (C=O) groups excluding carboxylic acids is 1. The van der Waals surface area contributed by atoms with Crippen molar-refractivity contribution in [3.63, 3.8) is 0 Å². The number of hydrogen-bond donors (Lipinski definition) is 1. The summed E-state index contributed by atoms with van der Waals surface area (Å²) in [6, 6.07) is 15.6. The number of fused-ring (bicyclic) bond motifs is 2. The van der Waals surface area contributed by atoms with Gasteiger partial charge in [-0.1, -0.05) is 30.3 Å². The fourth-order valence-electron chi connectivity index (χ4n) is 2.56. The summed E-state index contributed by atoms with van der Waals surface area (Å²) >= 11 is 0. The first-order chi connectivity index (χ1) is 11.7. The number of para-hydroxylation sites is 3. The number of ether oxygens (including phenoxy) is 1. The van der Waals surface area contributed by atoms with Crippen molar-refractivity contribution in [2.24, 2.45) is 0 Å². The van der Waals surface area contributed by atoms with Gasteiger partial charge < -0.3 is 14.1 Å². The Labute approximate surface area is 135 Å². The number of hydrogen-bond acceptors (Lipinski definition) is 5. The Morgan fingerprint density at radius 2 is 1.92 bits per heavy atom. The molecule has 6 heteroatoms. The predicted octanol–water partition coefficient (Wildman–Crippen LogP) is 3.03. The minimum Gasteiger partial charge on any atom is -0.452 e. The number of pyridine rings is 1. The van der Waals surface area contributed by atoms with E-state index in [4.69, 9.17) is 9.15 Å². The Bertz CT molecular complexity index is 1080. The molecule has 2 aromatic carbocycles. The van der Waals surface area contributed by atoms with Gasteiger partial charge in [0.1, 0.15) is 5.52 Å². The van der Waals surface area contributed by atoms with Crippen molar-refractivity contribution in [1.29, 1.82) is 0 Å². The number of rotatable bonds is 3. The number of H-pyrrole nitrogens is 1. The molecule has 1 N–H and O–H groups in total. The molecule has 0 unspecified atom stereocenters. The highest BCUT2D eigenvalue weighted by atomic mass is 16.5. The lowest BCUT2D eigenvalue weighted by molar-refractivity contribution is 0.0442. The summed E-state index contributed by atoms with van der Waals surface area (Å²) in [5.41, 5.74) is 1.77. The molecule has 4 aromatic rings. The Morgan fingerprint density at radius 3 is 2.79 bits per heavy atom. The number of esters is 1. The second-order valence-corrected chi connectivity index (χ2v) is 5.24. The first-order valence-corrected chi connectivity index (χ1v) is 7.34. The fraction of sp³-hybridized carbons (Fsp3) is 0.0556. The van der Waals surface area contributed by atoms with Gasteiger partial charge in [-0.2, -0.15) is 0 Å². The van der Waals surface area contributed by atoms with E-state index >= 15 is 0 Å². The molecule has 118 valence electrons. The maximum atomic E-state index is 12.4. The standard InChI is InChI=1S/C18H12N2O4/c21-16-9-12(11-5-1-2-6-13(11)19-16)18(22)23-10-17-20-14-7-3-4-8-15(14)24-17/h1-9H,10H2,(H,19,21). The van der Waals surface area contributed by atoms with E-state index in [0.29, 0.717) is 27.9 Å². The number of nitrogens with one attached hydrogen (secondary N) is 1. The third-order valence-electron chi connectivity index (χ3n) is 3.64. The molecule has 0 aliphatic carbocycles. The van der Waals surface area contributed by atoms with Gasteiger partial charge in [-0.15, -0.1) is 0 Å². The molecule has 0 fully saturated rings. The molecule has 0 radical (unpaired) electrons. The van der Waals surface area contributed by atoms with Crippen LogP contribution in [0.2, 0.25) is 0 Å². The van der Waals surface area contributed by atoms with Crippen molar-refractivity contribution in [3.05, 3.63) is 76.4 Å². The average Bonchev–Trinajstić information content (AvgIpc) is 3.02. The van der Waals surface area contributed by atoms with Crippen molar-refractivity contribution in [3.8, 4) is 0 Å². The van der Waals surface area contributed by atoms with Crippen LogP contribution < -0.4 is 5.56 Å². The molecule has 6 nitrogen and oxygen atoms in total. The van der Waals surface area contributed by atoms with E-state index < -0.39 is 5.97 Å². The SMILES string of the molecule is O=C(OCc1nc2ccccc2o1)c1cc(=O)[nH]c2ccccc12. The van der Waals surface area contributed by atoms with Crippen LogP contribution in [0.1, 0.15) is 16.2 Å². The van der Waals surface area contributed by atoms with E-state index in [1.165, 1.54) is 6.07 Å². The van der Waals surface area contributed by atoms with Gasteiger partial charge in [0.25, 0.3) is 0 Å². The van der Waals surface area contributed by atoms with E-state index in [0.717, 1.165) is 0 Å². The van der Waals surface area contributed by atoms with Gasteiger partial charge in [-0.25, -0.2) is 9.78 Å². The predicted molar refractivity (Wildman–Crippen MR) is 87.7 cm³/mol. The van der Waals surface area contributed by atoms with Crippen LogP contribution in [0.15, 0.2) is 63.8 Å². The molecular formula is C18H12N2O4. The van der Waals surface area contributed by atoms with Crippen LogP contribution >= 0.6 is 0 Å². The Kier molecular flexibility index (Phi) is 3.35. The minimum absolute atomic E-state index is 0.103. The first-order valence-electron chi connectivity index (χ1n) is 7.34. The lowest BCUT2D eigenvalue weighted by Crippen LogP contribution is -2.13. The molecule has 0 aliphatic rings. The third-order valence-corrected chi connectivity index (χ3v) is 3.64. The molecule has 0 saturated carbocycles. The van der Waals surface area contributed by atoms with Crippen LogP contribution in [-0.2, 0) is 11.3 Å². The largest absolute Gasteiger partial charge is 0.452 e. The van der Waals surface area contributed by atoms with Gasteiger partial charge in [0.15, 0.2) is 12.2 Å². The smallest absolute Gasteiger partial charge is 0.339 e. The third kappa shape index (κ3) is 2.54. The topological polar surface area (TPSA) is 85.2 Å². The summed E-state index contributed by atoms with van der Waals surface area (Å²) in [5, 5.41) is 0.625. The zero-order valence-corrected chi connectivity index (χ0v) is 12.5. The molecule has 2 heterocycles. The number of nitrogens with zero attached hydrogens (tertiary/aromatic N) is 1. The summed E-state index contributed by atoms with van der Waals surface area (Å²) in [5.74, 6) is -0.293. The highest BCUT2D eigenvalue weighted by Crippen LogP contribution is 2.18. The summed E-state index contributed by atoms with van der Waals surface area (Å²) < 4.78 is 10.8. The lowest BCUT2D eigenvalue weighted by atomic mass is 10.1. The molecule has 24 heavy (non-hydrogen) atoms. The molecule has 2 aromatic heterocycles. The van der Waals surface area contributed by atoms with E-state index in [2.05, 4.69) is 9.97 Å². The second kappa shape index (κ2) is 5.66. The van der Waals surface area contributed by atoms with E-state index in [1.807, 2.05) is 18.2 Å². The Hall–Kier alpha value is -3.41. The normalized spacial score (nSPS) is 11.0. The van der Waals surface area contributed by atoms with Gasteiger partial charge in [0, 0.05) is 17.0 Å². The first kappa shape index (κ1) is 14.2. The maximum absolute atomic E-state index is 12.4. The molecule has 0 spiro atoms. The fourth-order valence-corrected chi connectivity index (χ4v) is 2.56. The highest BCUT2D eigenvalue weighted by Gasteiger charge is 2.15. The van der Waals surface area contributed by atoms with Gasteiger partial charge in [-0.05, 0) is 18.2 Å². The molecule has 0 bridgehead atoms. The van der Waals surface area contributed by atoms with Gasteiger partial charge >= 0.3 is 5.97 Å². The van der Waals surface area contributed by atoms with Crippen molar-refractivity contribution in [2.45, 2.75) is 6.61 Å². The maximum Gasteiger partial charge on any atom is 0.339 e. The van der Waals surface area contributed by atoms with E-state index in [-0.39, 0.29) is 17.7 Å². The molecule has 0 aliphatic heterocycles. The quantitative estimate of drug-likeness (QED) is 0.586. The highest BCUT2D eigenvalue weighted by molar-refractivity contribution is 6.03. The number of benzene rings is 2. The molecule has 0 atom stereocenters. The Balaban J connectivity index is 1.61. The lowest BCUT2D eigenvalue weighted by Gasteiger charge is -2.05. The number of aromatic nitrogens is 2. The summed E-state index contributed by atoms with van der Waals surface area (Å²) in [6.07, 6.45) is 0. The van der Waals surface area contributed by atoms with Crippen LogP contribution in [-0.4, -0.2) is 15.9 Å². The minimum atomic E-state index is -0.598. The summed E-state index contributed by atoms with van der Waals surface area (Å²) in [4.78, 5) is 31.0. The molecule has 0 saturated heterocycles. The number of carbonyl (C=O) groups is 1. The van der Waals surface area contributed by atoms with E-state index in [9.17, 15) is 9.59 Å². The van der Waals surface area contributed by atoms with Crippen LogP contribution in [0.5, 0.6) is 0 Å². The van der Waals surface area contributed by atoms with Crippen LogP contribution in [0.3, 0.4) is 0 Å². The Morgan fingerprint density at radius 1 is 1.12 bits per heavy atom. The van der Waals surface area contributed by atoms with Crippen molar-refractivity contribution in [1.82, 2.24) is 9.97 Å². The van der Waals surface area contributed by atoms with Crippen molar-refractivity contribution >= 4 is 28.0 Å². The number of aromatic amines is 1. The summed E-state index contributed by atoms with van der Waals surface area (Å²) in [6.45, 7) is -0.103. The zero-order chi connectivity index (χ0) is 16.5. The monoisotopic (exact) mass is 320 g/mol. The van der Waals surface area contributed by atoms with Gasteiger partial charge in [0.05, 0.1) is 5.56 Å².